The number of aliphatic carboxylic acids is 1. The number of fused-ring (bicyclic) bond motifs is 1. The van der Waals surface area contributed by atoms with Crippen molar-refractivity contribution >= 4 is 46.0 Å². The summed E-state index contributed by atoms with van der Waals surface area (Å²) in [7, 11) is 1.59. The lowest BCUT2D eigenvalue weighted by molar-refractivity contribution is -0.139. The Kier molecular flexibility index (Phi) is 7.72. The molecule has 0 saturated heterocycles. The van der Waals surface area contributed by atoms with Crippen molar-refractivity contribution in [3.63, 3.8) is 0 Å². The van der Waals surface area contributed by atoms with Crippen molar-refractivity contribution in [3.05, 3.63) is 115 Å². The summed E-state index contributed by atoms with van der Waals surface area (Å²) in [5.41, 5.74) is 7.67. The first-order valence-electron chi connectivity index (χ1n) is 12.6. The van der Waals surface area contributed by atoms with Crippen LogP contribution in [0.15, 0.2) is 82.6 Å². The van der Waals surface area contributed by atoms with E-state index in [0.717, 1.165) is 4.57 Å². The molecule has 4 N–H and O–H groups in total. The van der Waals surface area contributed by atoms with Crippen LogP contribution >= 0.6 is 23.2 Å². The number of imidazole rings is 1. The first-order valence-corrected chi connectivity index (χ1v) is 13.4. The minimum atomic E-state index is -1.04. The van der Waals surface area contributed by atoms with Gasteiger partial charge in [0.05, 0.1) is 16.6 Å². The number of nitrogens with zero attached hydrogens (tertiary/aromatic N) is 4. The molecule has 2 atom stereocenters. The van der Waals surface area contributed by atoms with Crippen molar-refractivity contribution < 1.29 is 9.90 Å². The Balaban J connectivity index is 1.45. The number of hydrogen-bond acceptors (Lipinski definition) is 6. The third kappa shape index (κ3) is 5.37. The van der Waals surface area contributed by atoms with Crippen molar-refractivity contribution in [3.8, 4) is 11.4 Å². The first-order chi connectivity index (χ1) is 19.6. The summed E-state index contributed by atoms with van der Waals surface area (Å²) in [6.45, 7) is 1.79. The largest absolute Gasteiger partial charge is 0.480 e. The number of carbonyl (C=O) groups is 1. The Hall–Kier alpha value is -4.38. The van der Waals surface area contributed by atoms with Crippen LogP contribution in [-0.2, 0) is 18.3 Å². The van der Waals surface area contributed by atoms with Gasteiger partial charge in [-0.15, -0.1) is 0 Å². The summed E-state index contributed by atoms with van der Waals surface area (Å²) in [5, 5.41) is 14.2. The van der Waals surface area contributed by atoms with Gasteiger partial charge >= 0.3 is 11.7 Å². The number of carboxylic acids is 1. The van der Waals surface area contributed by atoms with Crippen molar-refractivity contribution in [1.82, 2.24) is 24.0 Å². The average Bonchev–Trinajstić information content (AvgIpc) is 3.37. The summed E-state index contributed by atoms with van der Waals surface area (Å²) >= 11 is 12.6. The molecule has 2 heterocycles. The van der Waals surface area contributed by atoms with Gasteiger partial charge in [-0.05, 0) is 61.4 Å². The number of nitrogens with two attached hydrogens (primary N) is 1. The number of anilines is 1. The number of benzene rings is 3. The number of carboxylic acid groups (broad SMARTS) is 1. The number of nitrogen functional groups attached to an aromatic ring is 1. The minimum absolute atomic E-state index is 0.141. The second-order valence-corrected chi connectivity index (χ2v) is 10.4. The third-order valence-corrected chi connectivity index (χ3v) is 7.68. The third-order valence-electron chi connectivity index (χ3n) is 7.02. The Morgan fingerprint density at radius 3 is 2.32 bits per heavy atom. The van der Waals surface area contributed by atoms with Crippen LogP contribution in [0.2, 0.25) is 10.0 Å². The molecule has 0 saturated carbocycles. The molecule has 0 aliphatic rings. The highest BCUT2D eigenvalue weighted by Gasteiger charge is 2.23. The van der Waals surface area contributed by atoms with E-state index in [4.69, 9.17) is 28.9 Å². The van der Waals surface area contributed by atoms with Crippen molar-refractivity contribution in [2.24, 2.45) is 7.05 Å². The molecule has 5 rings (SSSR count). The van der Waals surface area contributed by atoms with Gasteiger partial charge in [-0.25, -0.2) is 14.3 Å². The van der Waals surface area contributed by atoms with E-state index in [1.165, 1.54) is 4.57 Å². The SMILES string of the molecule is CC(N[C@@H](Cc1ccc(-n2c(=O)c3cc(-n4ccnc4N)ccc3n(C)c2=O)cc1)C(=O)O)c1c(Cl)cccc1Cl. The smallest absolute Gasteiger partial charge is 0.335 e. The van der Waals surface area contributed by atoms with Gasteiger partial charge in [0.25, 0.3) is 5.56 Å². The zero-order chi connectivity index (χ0) is 29.4. The maximum Gasteiger partial charge on any atom is 0.335 e. The van der Waals surface area contributed by atoms with Crippen LogP contribution in [0.4, 0.5) is 5.95 Å². The molecule has 1 unspecified atom stereocenters. The standard InChI is InChI=1S/C29H26Cl2N6O4/c1-16(25-21(30)4-3-5-22(25)31)34-23(27(39)40)14-17-6-8-18(9-7-17)37-26(38)20-15-19(36-13-12-33-28(36)32)10-11-24(20)35(2)29(37)41/h3-13,15-16,23,34H,14H2,1-2H3,(H2,32,33)(H,39,40)/t16?,23-/m0/s1. The van der Waals surface area contributed by atoms with Crippen LogP contribution in [0.3, 0.4) is 0 Å². The number of halogens is 2. The first kappa shape index (κ1) is 28.2. The zero-order valence-electron chi connectivity index (χ0n) is 22.1. The fraction of sp³-hybridized carbons (Fsp3) is 0.172. The quantitative estimate of drug-likeness (QED) is 0.246. The van der Waals surface area contributed by atoms with E-state index >= 15 is 0 Å². The number of aromatic nitrogens is 4. The molecule has 2 aromatic heterocycles. The van der Waals surface area contributed by atoms with E-state index < -0.39 is 29.3 Å². The molecule has 0 aliphatic heterocycles. The molecule has 10 nitrogen and oxygen atoms in total. The van der Waals surface area contributed by atoms with Crippen LogP contribution in [0.5, 0.6) is 0 Å². The highest BCUT2D eigenvalue weighted by Crippen LogP contribution is 2.30. The van der Waals surface area contributed by atoms with Gasteiger partial charge < -0.3 is 10.8 Å². The fourth-order valence-corrected chi connectivity index (χ4v) is 5.63. The molecule has 3 aromatic carbocycles. The number of aryl methyl sites for hydroxylation is 1. The van der Waals surface area contributed by atoms with E-state index in [1.807, 2.05) is 0 Å². The lowest BCUT2D eigenvalue weighted by Gasteiger charge is -2.22. The molecule has 12 heteroatoms. The van der Waals surface area contributed by atoms with Crippen LogP contribution in [-0.4, -0.2) is 35.8 Å². The van der Waals surface area contributed by atoms with E-state index in [0.29, 0.717) is 43.4 Å². The molecular weight excluding hydrogens is 567 g/mol. The number of hydrogen-bond donors (Lipinski definition) is 3. The van der Waals surface area contributed by atoms with E-state index in [2.05, 4.69) is 10.3 Å². The van der Waals surface area contributed by atoms with Gasteiger partial charge in [0, 0.05) is 46.8 Å². The van der Waals surface area contributed by atoms with Crippen LogP contribution < -0.4 is 22.3 Å². The van der Waals surface area contributed by atoms with E-state index in [-0.39, 0.29) is 12.4 Å². The van der Waals surface area contributed by atoms with Gasteiger partial charge in [-0.2, -0.15) is 0 Å². The molecule has 0 fully saturated rings. The number of nitrogens with one attached hydrogen (secondary N) is 1. The molecular formula is C29H26Cl2N6O4. The Labute approximate surface area is 244 Å². The lowest BCUT2D eigenvalue weighted by atomic mass is 10.0. The normalized spacial score (nSPS) is 12.9. The minimum Gasteiger partial charge on any atom is -0.480 e. The van der Waals surface area contributed by atoms with Gasteiger partial charge in [0.15, 0.2) is 0 Å². The molecule has 0 amide bonds. The molecule has 0 radical (unpaired) electrons. The molecule has 41 heavy (non-hydrogen) atoms. The molecule has 0 spiro atoms. The van der Waals surface area contributed by atoms with E-state index in [9.17, 15) is 19.5 Å². The predicted octanol–water partition coefficient (Wildman–Crippen LogP) is 4.11. The zero-order valence-corrected chi connectivity index (χ0v) is 23.6. The van der Waals surface area contributed by atoms with Crippen LogP contribution in [0, 0.1) is 0 Å². The van der Waals surface area contributed by atoms with E-state index in [1.54, 1.807) is 91.6 Å². The second kappa shape index (κ2) is 11.2. The average molecular weight is 593 g/mol. The highest BCUT2D eigenvalue weighted by atomic mass is 35.5. The maximum atomic E-state index is 13.6. The molecule has 0 bridgehead atoms. The molecule has 0 aliphatic carbocycles. The van der Waals surface area contributed by atoms with Crippen molar-refractivity contribution in [2.75, 3.05) is 5.73 Å². The number of rotatable bonds is 8. The fourth-order valence-electron chi connectivity index (χ4n) is 4.90. The summed E-state index contributed by atoms with van der Waals surface area (Å²) in [6.07, 6.45) is 3.37. The predicted molar refractivity (Wildman–Crippen MR) is 159 cm³/mol. The lowest BCUT2D eigenvalue weighted by Crippen LogP contribution is -2.40. The van der Waals surface area contributed by atoms with Gasteiger partial charge in [-0.1, -0.05) is 41.4 Å². The van der Waals surface area contributed by atoms with Crippen LogP contribution in [0.1, 0.15) is 24.1 Å². The van der Waals surface area contributed by atoms with Crippen LogP contribution in [0.25, 0.3) is 22.3 Å². The monoisotopic (exact) mass is 592 g/mol. The Bertz CT molecular complexity index is 1870. The Morgan fingerprint density at radius 2 is 1.71 bits per heavy atom. The van der Waals surface area contributed by atoms with Gasteiger partial charge in [-0.3, -0.25) is 24.0 Å². The topological polar surface area (TPSA) is 137 Å². The summed E-state index contributed by atoms with van der Waals surface area (Å²) in [4.78, 5) is 42.9. The molecule has 5 aromatic rings. The summed E-state index contributed by atoms with van der Waals surface area (Å²) in [5.74, 6) is -0.776. The molecule has 210 valence electrons. The van der Waals surface area contributed by atoms with Gasteiger partial charge in [0.2, 0.25) is 5.95 Å². The summed E-state index contributed by atoms with van der Waals surface area (Å²) < 4.78 is 4.12. The van der Waals surface area contributed by atoms with Crippen molar-refractivity contribution in [1.29, 1.82) is 0 Å². The highest BCUT2D eigenvalue weighted by molar-refractivity contribution is 6.36. The second-order valence-electron chi connectivity index (χ2n) is 9.62. The van der Waals surface area contributed by atoms with Crippen molar-refractivity contribution in [2.45, 2.75) is 25.4 Å². The van der Waals surface area contributed by atoms with Gasteiger partial charge in [0.1, 0.15) is 6.04 Å². The Morgan fingerprint density at radius 1 is 1.05 bits per heavy atom. The summed E-state index contributed by atoms with van der Waals surface area (Å²) in [6, 6.07) is 15.5. The maximum absolute atomic E-state index is 13.6.